The summed E-state index contributed by atoms with van der Waals surface area (Å²) in [5.74, 6) is 0.267. The van der Waals surface area contributed by atoms with Gasteiger partial charge in [0.15, 0.2) is 0 Å². The molecule has 2 N–H and O–H groups in total. The van der Waals surface area contributed by atoms with E-state index in [4.69, 9.17) is 0 Å². The molecule has 2 aromatic carbocycles. The number of benzene rings is 2. The van der Waals surface area contributed by atoms with Crippen LogP contribution in [0.1, 0.15) is 49.8 Å². The molecule has 0 bridgehead atoms. The van der Waals surface area contributed by atoms with Crippen molar-refractivity contribution in [2.75, 3.05) is 0 Å². The Balaban J connectivity index is 1.63. The molecule has 0 aliphatic heterocycles. The number of phenolic OH excluding ortho intramolecular Hbond substituents is 1. The van der Waals surface area contributed by atoms with Crippen molar-refractivity contribution in [2.45, 2.75) is 33.1 Å². The van der Waals surface area contributed by atoms with Crippen LogP contribution in [-0.2, 0) is 4.79 Å². The molecular weight excluding hydrogens is 462 g/mol. The van der Waals surface area contributed by atoms with Crippen LogP contribution in [0.15, 0.2) is 70.0 Å². The van der Waals surface area contributed by atoms with Crippen molar-refractivity contribution < 1.29 is 9.90 Å². The Bertz CT molecular complexity index is 1420. The molecule has 4 heteroatoms. The summed E-state index contributed by atoms with van der Waals surface area (Å²) in [4.78, 5) is 16.7. The summed E-state index contributed by atoms with van der Waals surface area (Å²) in [6, 6.07) is 9.97. The zero-order valence-electron chi connectivity index (χ0n) is 18.3. The van der Waals surface area contributed by atoms with E-state index in [1.54, 1.807) is 0 Å². The molecule has 3 nitrogen and oxygen atoms in total. The Morgan fingerprint density at radius 3 is 2.66 bits per heavy atom. The molecule has 3 aliphatic rings. The first kappa shape index (κ1) is 19.8. The first-order valence-corrected chi connectivity index (χ1v) is 11.9. The largest absolute Gasteiger partial charge is 0.507 e. The Labute approximate surface area is 195 Å². The number of allylic oxidation sites excluding steroid dienone is 5. The van der Waals surface area contributed by atoms with Gasteiger partial charge >= 0.3 is 0 Å². The van der Waals surface area contributed by atoms with Gasteiger partial charge in [-0.2, -0.15) is 0 Å². The zero-order valence-corrected chi connectivity index (χ0v) is 19.9. The number of aromatic nitrogens is 1. The molecule has 0 spiro atoms. The highest BCUT2D eigenvalue weighted by atomic mass is 79.9. The average molecular weight is 486 g/mol. The third-order valence-electron chi connectivity index (χ3n) is 7.47. The molecule has 2 unspecified atom stereocenters. The summed E-state index contributed by atoms with van der Waals surface area (Å²) in [5.41, 5.74) is 7.68. The molecule has 0 saturated heterocycles. The van der Waals surface area contributed by atoms with Gasteiger partial charge in [-0.3, -0.25) is 4.79 Å². The van der Waals surface area contributed by atoms with E-state index in [0.717, 1.165) is 37.5 Å². The normalized spacial score (nSPS) is 23.6. The van der Waals surface area contributed by atoms with Crippen LogP contribution in [0.25, 0.3) is 22.4 Å². The first-order valence-electron chi connectivity index (χ1n) is 11.1. The molecule has 1 fully saturated rings. The molecule has 0 radical (unpaired) electrons. The SMILES string of the molecule is CC1C(=O)C(c2ccc(Br)cc2)CC2=C3C(=Cc4c(O)cc5c[nH]cc5c43)C(C)(C)C=C21. The molecule has 1 saturated carbocycles. The molecular formula is C28H24BrNO2. The van der Waals surface area contributed by atoms with Crippen LogP contribution in [0.5, 0.6) is 5.75 Å². The number of hydrogen-bond acceptors (Lipinski definition) is 2. The highest BCUT2D eigenvalue weighted by Gasteiger charge is 2.44. The van der Waals surface area contributed by atoms with Crippen LogP contribution in [0.3, 0.4) is 0 Å². The highest BCUT2D eigenvalue weighted by molar-refractivity contribution is 9.10. The van der Waals surface area contributed by atoms with E-state index in [0.29, 0.717) is 12.2 Å². The minimum absolute atomic E-state index is 0.163. The van der Waals surface area contributed by atoms with Gasteiger partial charge in [0.2, 0.25) is 0 Å². The Kier molecular flexibility index (Phi) is 4.07. The van der Waals surface area contributed by atoms with E-state index in [1.807, 2.05) is 30.6 Å². The lowest BCUT2D eigenvalue weighted by atomic mass is 9.63. The molecule has 3 aliphatic carbocycles. The number of rotatable bonds is 1. The lowest BCUT2D eigenvalue weighted by molar-refractivity contribution is -0.123. The first-order chi connectivity index (χ1) is 15.3. The van der Waals surface area contributed by atoms with Gasteiger partial charge in [-0.1, -0.05) is 54.9 Å². The summed E-state index contributed by atoms with van der Waals surface area (Å²) in [5, 5.41) is 13.0. The topological polar surface area (TPSA) is 53.1 Å². The molecule has 3 aromatic rings. The van der Waals surface area contributed by atoms with E-state index in [2.05, 4.69) is 66.0 Å². The van der Waals surface area contributed by atoms with Gasteiger partial charge in [0, 0.05) is 56.0 Å². The molecule has 1 aromatic heterocycles. The highest BCUT2D eigenvalue weighted by Crippen LogP contribution is 2.58. The van der Waals surface area contributed by atoms with Crippen molar-refractivity contribution in [3.63, 3.8) is 0 Å². The smallest absolute Gasteiger partial charge is 0.147 e. The summed E-state index contributed by atoms with van der Waals surface area (Å²) < 4.78 is 1.01. The summed E-state index contributed by atoms with van der Waals surface area (Å²) in [6.45, 7) is 6.46. The maximum absolute atomic E-state index is 13.5. The molecule has 0 amide bonds. The van der Waals surface area contributed by atoms with E-state index >= 15 is 0 Å². The fourth-order valence-electron chi connectivity index (χ4n) is 5.84. The number of Topliss-reactive ketones (excluding diaryl/α,β-unsaturated/α-hetero) is 1. The van der Waals surface area contributed by atoms with E-state index in [9.17, 15) is 9.90 Å². The third-order valence-corrected chi connectivity index (χ3v) is 8.00. The van der Waals surface area contributed by atoms with Gasteiger partial charge in [-0.25, -0.2) is 0 Å². The van der Waals surface area contributed by atoms with Crippen molar-refractivity contribution in [1.29, 1.82) is 0 Å². The molecule has 2 atom stereocenters. The van der Waals surface area contributed by atoms with Gasteiger partial charge in [0.25, 0.3) is 0 Å². The second-order valence-electron chi connectivity index (χ2n) is 9.81. The fraction of sp³-hybridized carbons (Fsp3) is 0.250. The minimum atomic E-state index is -0.221. The van der Waals surface area contributed by atoms with Crippen LogP contribution in [0.2, 0.25) is 0 Å². The number of halogens is 1. The van der Waals surface area contributed by atoms with Crippen LogP contribution < -0.4 is 0 Å². The lowest BCUT2D eigenvalue weighted by Gasteiger charge is -2.40. The molecule has 160 valence electrons. The van der Waals surface area contributed by atoms with Crippen LogP contribution in [-0.4, -0.2) is 15.9 Å². The molecule has 1 heterocycles. The van der Waals surface area contributed by atoms with Crippen LogP contribution in [0.4, 0.5) is 0 Å². The number of phenols is 1. The van der Waals surface area contributed by atoms with E-state index in [-0.39, 0.29) is 23.0 Å². The predicted octanol–water partition coefficient (Wildman–Crippen LogP) is 7.15. The van der Waals surface area contributed by atoms with Crippen molar-refractivity contribution in [1.82, 2.24) is 4.98 Å². The van der Waals surface area contributed by atoms with E-state index < -0.39 is 0 Å². The van der Waals surface area contributed by atoms with Gasteiger partial charge in [-0.15, -0.1) is 0 Å². The Morgan fingerprint density at radius 1 is 1.16 bits per heavy atom. The van der Waals surface area contributed by atoms with Crippen molar-refractivity contribution in [2.24, 2.45) is 11.3 Å². The standard InChI is InChI=1S/C28H24BrNO2/c1-14-21-11-28(2,3)23-10-20-24(31)8-16-12-30-13-22(16)25(20)26(23)19(21)9-18(27(14)32)15-4-6-17(29)7-5-15/h4-8,10-14,18,30-31H,9H2,1-3H3. The van der Waals surface area contributed by atoms with Crippen molar-refractivity contribution in [3.8, 4) is 5.75 Å². The second kappa shape index (κ2) is 6.58. The molecule has 6 rings (SSSR count). The maximum atomic E-state index is 13.5. The van der Waals surface area contributed by atoms with Crippen LogP contribution in [0, 0.1) is 11.3 Å². The second-order valence-corrected chi connectivity index (χ2v) is 10.7. The molecule has 32 heavy (non-hydrogen) atoms. The number of carbonyl (C=O) groups excluding carboxylic acids is 1. The fourth-order valence-corrected chi connectivity index (χ4v) is 6.10. The van der Waals surface area contributed by atoms with Crippen LogP contribution >= 0.6 is 15.9 Å². The van der Waals surface area contributed by atoms with Gasteiger partial charge in [0.05, 0.1) is 0 Å². The van der Waals surface area contributed by atoms with Gasteiger partial charge in [0.1, 0.15) is 11.5 Å². The lowest BCUT2D eigenvalue weighted by Crippen LogP contribution is -2.32. The summed E-state index contributed by atoms with van der Waals surface area (Å²) in [7, 11) is 0. The van der Waals surface area contributed by atoms with Gasteiger partial charge < -0.3 is 10.1 Å². The number of ketones is 1. The summed E-state index contributed by atoms with van der Waals surface area (Å²) in [6.07, 6.45) is 9.08. The monoisotopic (exact) mass is 485 g/mol. The average Bonchev–Trinajstić information content (AvgIpc) is 3.37. The third kappa shape index (κ3) is 2.62. The zero-order chi connectivity index (χ0) is 22.4. The number of nitrogens with one attached hydrogen (secondary N) is 1. The maximum Gasteiger partial charge on any atom is 0.147 e. The number of fused-ring (bicyclic) bond motifs is 6. The number of aromatic hydroxyl groups is 1. The quantitative estimate of drug-likeness (QED) is 0.384. The van der Waals surface area contributed by atoms with Crippen molar-refractivity contribution >= 4 is 44.1 Å². The minimum Gasteiger partial charge on any atom is -0.507 e. The number of hydrogen-bond donors (Lipinski definition) is 2. The Hall–Kier alpha value is -2.85. The number of H-pyrrole nitrogens is 1. The van der Waals surface area contributed by atoms with E-state index in [1.165, 1.54) is 16.7 Å². The summed E-state index contributed by atoms with van der Waals surface area (Å²) >= 11 is 3.51. The number of carbonyl (C=O) groups is 1. The predicted molar refractivity (Wildman–Crippen MR) is 132 cm³/mol. The van der Waals surface area contributed by atoms with Crippen molar-refractivity contribution in [3.05, 3.63) is 86.7 Å². The van der Waals surface area contributed by atoms with Gasteiger partial charge in [-0.05, 0) is 58.6 Å². The Morgan fingerprint density at radius 2 is 1.91 bits per heavy atom. The number of aromatic amines is 1.